The zero-order chi connectivity index (χ0) is 18.9. The lowest BCUT2D eigenvalue weighted by Crippen LogP contribution is -2.18. The Hall–Kier alpha value is -3.24. The predicted molar refractivity (Wildman–Crippen MR) is 98.5 cm³/mol. The molecule has 0 saturated carbocycles. The Kier molecular flexibility index (Phi) is 4.34. The molecule has 3 aromatic heterocycles. The lowest BCUT2D eigenvalue weighted by atomic mass is 10.1. The van der Waals surface area contributed by atoms with Gasteiger partial charge in [-0.1, -0.05) is 12.1 Å². The van der Waals surface area contributed by atoms with Crippen molar-refractivity contribution in [3.8, 4) is 11.1 Å². The summed E-state index contributed by atoms with van der Waals surface area (Å²) in [7, 11) is -2.11. The van der Waals surface area contributed by atoms with E-state index in [1.165, 1.54) is 19.2 Å². The van der Waals surface area contributed by atoms with Gasteiger partial charge in [-0.15, -0.1) is 10.2 Å². The number of fused-ring (bicyclic) bond motifs is 1. The van der Waals surface area contributed by atoms with Crippen molar-refractivity contribution in [1.82, 2.24) is 24.3 Å². The van der Waals surface area contributed by atoms with Crippen LogP contribution in [0.4, 0.5) is 5.95 Å². The molecule has 0 aliphatic rings. The van der Waals surface area contributed by atoms with E-state index in [2.05, 4.69) is 25.2 Å². The minimum atomic E-state index is -3.48. The highest BCUT2D eigenvalue weighted by molar-refractivity contribution is 7.89. The molecule has 0 saturated heterocycles. The third-order valence-corrected chi connectivity index (χ3v) is 5.51. The fourth-order valence-electron chi connectivity index (χ4n) is 2.66. The molecular formula is C17H16N6O3S. The third-order valence-electron chi connectivity index (χ3n) is 4.08. The van der Waals surface area contributed by atoms with E-state index in [0.717, 1.165) is 16.9 Å². The molecule has 10 heteroatoms. The van der Waals surface area contributed by atoms with Gasteiger partial charge in [0.15, 0.2) is 5.65 Å². The predicted octanol–water partition coefficient (Wildman–Crippen LogP) is 1.90. The lowest BCUT2D eigenvalue weighted by molar-refractivity contribution is 0.517. The lowest BCUT2D eigenvalue weighted by Gasteiger charge is -2.09. The molecule has 2 N–H and O–H groups in total. The highest BCUT2D eigenvalue weighted by Gasteiger charge is 2.14. The van der Waals surface area contributed by atoms with E-state index in [4.69, 9.17) is 4.42 Å². The summed E-state index contributed by atoms with van der Waals surface area (Å²) >= 11 is 0. The van der Waals surface area contributed by atoms with Crippen LogP contribution in [0.3, 0.4) is 0 Å². The first kappa shape index (κ1) is 17.2. The van der Waals surface area contributed by atoms with Crippen LogP contribution in [0.15, 0.2) is 64.5 Å². The molecule has 4 rings (SSSR count). The van der Waals surface area contributed by atoms with Crippen LogP contribution in [0.2, 0.25) is 0 Å². The molecule has 1 aromatic carbocycles. The second kappa shape index (κ2) is 6.82. The molecule has 27 heavy (non-hydrogen) atoms. The number of hydrogen-bond acceptors (Lipinski definition) is 7. The van der Waals surface area contributed by atoms with Gasteiger partial charge in [-0.2, -0.15) is 0 Å². The summed E-state index contributed by atoms with van der Waals surface area (Å²) in [5.41, 5.74) is 2.13. The highest BCUT2D eigenvalue weighted by atomic mass is 32.2. The third kappa shape index (κ3) is 3.27. The molecule has 0 aliphatic heterocycles. The van der Waals surface area contributed by atoms with Crippen LogP contribution in [0.1, 0.15) is 5.76 Å². The first-order chi connectivity index (χ1) is 13.1. The van der Waals surface area contributed by atoms with E-state index in [1.807, 2.05) is 12.1 Å². The number of nitrogens with zero attached hydrogens (tertiary/aromatic N) is 4. The van der Waals surface area contributed by atoms with E-state index in [-0.39, 0.29) is 4.90 Å². The number of aromatic nitrogens is 4. The fourth-order valence-corrected chi connectivity index (χ4v) is 3.39. The molecule has 3 heterocycles. The molecule has 9 nitrogen and oxygen atoms in total. The molecular weight excluding hydrogens is 368 g/mol. The van der Waals surface area contributed by atoms with Gasteiger partial charge in [-0.25, -0.2) is 18.1 Å². The molecule has 0 atom stereocenters. The van der Waals surface area contributed by atoms with Crippen LogP contribution in [0, 0.1) is 0 Å². The van der Waals surface area contributed by atoms with Crippen LogP contribution >= 0.6 is 0 Å². The smallest absolute Gasteiger partial charge is 0.240 e. The summed E-state index contributed by atoms with van der Waals surface area (Å²) in [6, 6.07) is 10.2. The second-order valence-corrected chi connectivity index (χ2v) is 7.57. The maximum atomic E-state index is 11.9. The zero-order valence-corrected chi connectivity index (χ0v) is 15.1. The van der Waals surface area contributed by atoms with Crippen LogP contribution in [-0.2, 0) is 16.6 Å². The van der Waals surface area contributed by atoms with E-state index in [0.29, 0.717) is 18.1 Å². The fraction of sp³-hybridized carbons (Fsp3) is 0.118. The van der Waals surface area contributed by atoms with Crippen LogP contribution in [0.5, 0.6) is 0 Å². The summed E-state index contributed by atoms with van der Waals surface area (Å²) < 4.78 is 33.1. The monoisotopic (exact) mass is 384 g/mol. The normalized spacial score (nSPS) is 11.7. The van der Waals surface area contributed by atoms with E-state index < -0.39 is 10.0 Å². The Labute approximate surface area is 155 Å². The van der Waals surface area contributed by atoms with Gasteiger partial charge in [0.05, 0.1) is 17.7 Å². The standard InChI is InChI=1S/C17H16N6O3S/c1-18-27(24,25)14-6-4-12(5-7-14)15-10-20-17(23-11-21-22-16(15)23)19-9-13-3-2-8-26-13/h2-8,10-11,18H,9H2,1H3,(H,19,20). The van der Waals surface area contributed by atoms with E-state index in [9.17, 15) is 8.42 Å². The number of furan rings is 1. The largest absolute Gasteiger partial charge is 0.467 e. The van der Waals surface area contributed by atoms with Crippen LogP contribution in [-0.4, -0.2) is 35.0 Å². The molecule has 0 spiro atoms. The van der Waals surface area contributed by atoms with Gasteiger partial charge in [0.25, 0.3) is 0 Å². The van der Waals surface area contributed by atoms with Crippen molar-refractivity contribution in [3.05, 3.63) is 60.9 Å². The van der Waals surface area contributed by atoms with E-state index >= 15 is 0 Å². The van der Waals surface area contributed by atoms with E-state index in [1.54, 1.807) is 35.3 Å². The summed E-state index contributed by atoms with van der Waals surface area (Å²) in [5.74, 6) is 1.35. The van der Waals surface area contributed by atoms with Crippen LogP contribution in [0.25, 0.3) is 16.8 Å². The van der Waals surface area contributed by atoms with Crippen molar-refractivity contribution < 1.29 is 12.8 Å². The molecule has 0 amide bonds. The van der Waals surface area contributed by atoms with Gasteiger partial charge < -0.3 is 9.73 Å². The Morgan fingerprint density at radius 1 is 1.19 bits per heavy atom. The Bertz CT molecular complexity index is 1170. The summed E-state index contributed by atoms with van der Waals surface area (Å²) in [6.45, 7) is 0.475. The maximum absolute atomic E-state index is 11.9. The van der Waals surface area contributed by atoms with Gasteiger partial charge in [-0.05, 0) is 36.9 Å². The number of nitrogens with one attached hydrogen (secondary N) is 2. The molecule has 0 unspecified atom stereocenters. The molecule has 0 bridgehead atoms. The number of benzene rings is 1. The van der Waals surface area contributed by atoms with Gasteiger partial charge in [0.2, 0.25) is 16.0 Å². The highest BCUT2D eigenvalue weighted by Crippen LogP contribution is 2.25. The Morgan fingerprint density at radius 2 is 2.00 bits per heavy atom. The van der Waals surface area contributed by atoms with Gasteiger partial charge in [0, 0.05) is 11.8 Å². The first-order valence-corrected chi connectivity index (χ1v) is 9.56. The van der Waals surface area contributed by atoms with Crippen molar-refractivity contribution >= 4 is 21.6 Å². The summed E-state index contributed by atoms with van der Waals surface area (Å²) in [6.07, 6.45) is 4.85. The summed E-state index contributed by atoms with van der Waals surface area (Å²) in [5, 5.41) is 11.3. The number of sulfonamides is 1. The number of anilines is 1. The molecule has 0 fully saturated rings. The topological polar surface area (TPSA) is 114 Å². The number of hydrogen-bond donors (Lipinski definition) is 2. The maximum Gasteiger partial charge on any atom is 0.240 e. The first-order valence-electron chi connectivity index (χ1n) is 8.07. The summed E-state index contributed by atoms with van der Waals surface area (Å²) in [4.78, 5) is 4.63. The molecule has 0 aliphatic carbocycles. The van der Waals surface area contributed by atoms with Crippen molar-refractivity contribution in [2.24, 2.45) is 0 Å². The number of rotatable bonds is 6. The minimum Gasteiger partial charge on any atom is -0.467 e. The average molecular weight is 384 g/mol. The average Bonchev–Trinajstić information content (AvgIpc) is 3.38. The van der Waals surface area contributed by atoms with Crippen molar-refractivity contribution in [2.75, 3.05) is 12.4 Å². The van der Waals surface area contributed by atoms with Crippen molar-refractivity contribution in [3.63, 3.8) is 0 Å². The van der Waals surface area contributed by atoms with Gasteiger partial charge in [0.1, 0.15) is 12.1 Å². The molecule has 0 radical (unpaired) electrons. The minimum absolute atomic E-state index is 0.191. The van der Waals surface area contributed by atoms with Crippen LogP contribution < -0.4 is 10.0 Å². The van der Waals surface area contributed by atoms with Crippen molar-refractivity contribution in [2.45, 2.75) is 11.4 Å². The molecule has 138 valence electrons. The SMILES string of the molecule is CNS(=O)(=O)c1ccc(-c2cnc(NCc3ccco3)n3cnnc23)cc1. The van der Waals surface area contributed by atoms with Crippen molar-refractivity contribution in [1.29, 1.82) is 0 Å². The second-order valence-electron chi connectivity index (χ2n) is 5.68. The zero-order valence-electron chi connectivity index (χ0n) is 14.3. The van der Waals surface area contributed by atoms with Gasteiger partial charge >= 0.3 is 0 Å². The van der Waals surface area contributed by atoms with Gasteiger partial charge in [-0.3, -0.25) is 4.40 Å². The quantitative estimate of drug-likeness (QED) is 0.522. The Morgan fingerprint density at radius 3 is 2.70 bits per heavy atom. The molecule has 4 aromatic rings. The Balaban J connectivity index is 1.67.